The smallest absolute Gasteiger partial charge is 0.220 e. The number of aromatic nitrogens is 3. The fraction of sp³-hybridized carbons (Fsp3) is 0.250. The quantitative estimate of drug-likeness (QED) is 0.810. The van der Waals surface area contributed by atoms with Crippen molar-refractivity contribution in [2.24, 2.45) is 0 Å². The first-order valence-electron chi connectivity index (χ1n) is 5.78. The number of benzene rings is 1. The van der Waals surface area contributed by atoms with Crippen molar-refractivity contribution in [2.45, 2.75) is 18.9 Å². The van der Waals surface area contributed by atoms with Gasteiger partial charge in [0.2, 0.25) is 5.91 Å². The van der Waals surface area contributed by atoms with E-state index in [1.165, 1.54) is 0 Å². The third-order valence-corrected chi connectivity index (χ3v) is 3.29. The molecular weight excluding hydrogens is 248 g/mol. The highest BCUT2D eigenvalue weighted by Crippen LogP contribution is 2.24. The second kappa shape index (κ2) is 4.38. The summed E-state index contributed by atoms with van der Waals surface area (Å²) in [7, 11) is 0. The van der Waals surface area contributed by atoms with Crippen molar-refractivity contribution in [3.63, 3.8) is 0 Å². The molecule has 3 rings (SSSR count). The minimum atomic E-state index is -0.0642. The molecule has 2 aromatic rings. The Morgan fingerprint density at radius 3 is 2.78 bits per heavy atom. The van der Waals surface area contributed by atoms with Crippen molar-refractivity contribution in [2.75, 3.05) is 0 Å². The molecule has 92 valence electrons. The average Bonchev–Trinajstić information content (AvgIpc) is 2.96. The standard InChI is InChI=1S/C12H12N4OS/c17-10-7-6-9(13-10)11-14-15-12(18)16(11)8-4-2-1-3-5-8/h1-5,9H,6-7H2,(H,13,17)(H,15,18)/t9-/m1/s1. The van der Waals surface area contributed by atoms with E-state index in [9.17, 15) is 4.79 Å². The summed E-state index contributed by atoms with van der Waals surface area (Å²) in [4.78, 5) is 11.3. The molecule has 2 heterocycles. The predicted octanol–water partition coefficient (Wildman–Crippen LogP) is 1.88. The van der Waals surface area contributed by atoms with E-state index >= 15 is 0 Å². The lowest BCUT2D eigenvalue weighted by atomic mass is 10.2. The van der Waals surface area contributed by atoms with Gasteiger partial charge < -0.3 is 5.32 Å². The second-order valence-corrected chi connectivity index (χ2v) is 4.60. The molecule has 1 fully saturated rings. The molecule has 18 heavy (non-hydrogen) atoms. The molecule has 1 atom stereocenters. The molecule has 5 nitrogen and oxygen atoms in total. The zero-order chi connectivity index (χ0) is 12.5. The molecule has 0 spiro atoms. The first-order valence-corrected chi connectivity index (χ1v) is 6.18. The van der Waals surface area contributed by atoms with Gasteiger partial charge in [0.15, 0.2) is 10.6 Å². The monoisotopic (exact) mass is 260 g/mol. The van der Waals surface area contributed by atoms with Crippen LogP contribution in [0.5, 0.6) is 0 Å². The molecule has 0 saturated carbocycles. The van der Waals surface area contributed by atoms with Gasteiger partial charge >= 0.3 is 0 Å². The van der Waals surface area contributed by atoms with E-state index in [0.717, 1.165) is 17.9 Å². The van der Waals surface area contributed by atoms with Crippen LogP contribution in [0.4, 0.5) is 0 Å². The summed E-state index contributed by atoms with van der Waals surface area (Å²) in [5, 5.41) is 9.94. The number of rotatable bonds is 2. The highest BCUT2D eigenvalue weighted by molar-refractivity contribution is 7.71. The van der Waals surface area contributed by atoms with E-state index in [1.54, 1.807) is 0 Å². The third kappa shape index (κ3) is 1.84. The van der Waals surface area contributed by atoms with E-state index in [4.69, 9.17) is 12.2 Å². The minimum absolute atomic E-state index is 0.0635. The Bertz CT molecular complexity index is 631. The Hall–Kier alpha value is -1.95. The number of nitrogens with zero attached hydrogens (tertiary/aromatic N) is 2. The number of amides is 1. The van der Waals surface area contributed by atoms with Crippen molar-refractivity contribution in [3.05, 3.63) is 40.9 Å². The Labute approximate surface area is 109 Å². The largest absolute Gasteiger partial charge is 0.346 e. The molecule has 1 aliphatic rings. The predicted molar refractivity (Wildman–Crippen MR) is 68.9 cm³/mol. The van der Waals surface area contributed by atoms with Crippen LogP contribution in [-0.2, 0) is 4.79 Å². The Kier molecular flexibility index (Phi) is 2.71. The van der Waals surface area contributed by atoms with Crippen LogP contribution in [0.15, 0.2) is 30.3 Å². The van der Waals surface area contributed by atoms with Gasteiger partial charge in [-0.3, -0.25) is 14.5 Å². The Morgan fingerprint density at radius 1 is 1.33 bits per heavy atom. The van der Waals surface area contributed by atoms with Crippen molar-refractivity contribution in [1.29, 1.82) is 0 Å². The van der Waals surface area contributed by atoms with Gasteiger partial charge in [0, 0.05) is 12.1 Å². The maximum absolute atomic E-state index is 11.3. The van der Waals surface area contributed by atoms with Gasteiger partial charge in [0.1, 0.15) is 0 Å². The van der Waals surface area contributed by atoms with Crippen LogP contribution in [0.3, 0.4) is 0 Å². The SMILES string of the molecule is O=C1CC[C@H](c2n[nH]c(=S)n2-c2ccccc2)N1. The summed E-state index contributed by atoms with van der Waals surface area (Å²) >= 11 is 5.25. The molecule has 1 amide bonds. The van der Waals surface area contributed by atoms with Crippen LogP contribution in [0.25, 0.3) is 5.69 Å². The van der Waals surface area contributed by atoms with Crippen LogP contribution in [0, 0.1) is 4.77 Å². The number of carbonyl (C=O) groups excluding carboxylic acids is 1. The fourth-order valence-electron chi connectivity index (χ4n) is 2.18. The van der Waals surface area contributed by atoms with Gasteiger partial charge in [-0.2, -0.15) is 5.10 Å². The number of para-hydroxylation sites is 1. The van der Waals surface area contributed by atoms with Gasteiger partial charge in [-0.15, -0.1) is 0 Å². The summed E-state index contributed by atoms with van der Waals surface area (Å²) in [6.07, 6.45) is 1.30. The molecule has 0 radical (unpaired) electrons. The summed E-state index contributed by atoms with van der Waals surface area (Å²) in [5.74, 6) is 0.825. The van der Waals surface area contributed by atoms with Gasteiger partial charge in [-0.05, 0) is 30.8 Å². The molecule has 0 aliphatic carbocycles. The maximum Gasteiger partial charge on any atom is 0.220 e. The average molecular weight is 260 g/mol. The van der Waals surface area contributed by atoms with Crippen molar-refractivity contribution >= 4 is 18.1 Å². The van der Waals surface area contributed by atoms with Crippen LogP contribution in [0.2, 0.25) is 0 Å². The number of nitrogens with one attached hydrogen (secondary N) is 2. The lowest BCUT2D eigenvalue weighted by Crippen LogP contribution is -2.21. The lowest BCUT2D eigenvalue weighted by molar-refractivity contribution is -0.119. The number of carbonyl (C=O) groups is 1. The van der Waals surface area contributed by atoms with Crippen LogP contribution in [0.1, 0.15) is 24.7 Å². The molecular formula is C12H12N4OS. The summed E-state index contributed by atoms with van der Waals surface area (Å²) in [6.45, 7) is 0. The highest BCUT2D eigenvalue weighted by Gasteiger charge is 2.27. The van der Waals surface area contributed by atoms with E-state index in [-0.39, 0.29) is 11.9 Å². The highest BCUT2D eigenvalue weighted by atomic mass is 32.1. The maximum atomic E-state index is 11.3. The molecule has 1 aliphatic heterocycles. The number of hydrogen-bond donors (Lipinski definition) is 2. The zero-order valence-electron chi connectivity index (χ0n) is 9.59. The summed E-state index contributed by atoms with van der Waals surface area (Å²) < 4.78 is 2.41. The minimum Gasteiger partial charge on any atom is -0.346 e. The van der Waals surface area contributed by atoms with Gasteiger partial charge in [-0.25, -0.2) is 0 Å². The van der Waals surface area contributed by atoms with Gasteiger partial charge in [-0.1, -0.05) is 18.2 Å². The van der Waals surface area contributed by atoms with Crippen LogP contribution >= 0.6 is 12.2 Å². The molecule has 1 aromatic heterocycles. The molecule has 0 unspecified atom stereocenters. The molecule has 0 bridgehead atoms. The van der Waals surface area contributed by atoms with E-state index in [1.807, 2.05) is 34.9 Å². The number of aromatic amines is 1. The Morgan fingerprint density at radius 2 is 2.11 bits per heavy atom. The zero-order valence-corrected chi connectivity index (χ0v) is 10.4. The van der Waals surface area contributed by atoms with Crippen LogP contribution < -0.4 is 5.32 Å². The first kappa shape index (κ1) is 11.2. The van der Waals surface area contributed by atoms with Crippen molar-refractivity contribution in [1.82, 2.24) is 20.1 Å². The molecule has 2 N–H and O–H groups in total. The second-order valence-electron chi connectivity index (χ2n) is 4.22. The van der Waals surface area contributed by atoms with Gasteiger partial charge in [0.25, 0.3) is 0 Å². The van der Waals surface area contributed by atoms with Crippen LogP contribution in [-0.4, -0.2) is 20.7 Å². The summed E-state index contributed by atoms with van der Waals surface area (Å²) in [6, 6.07) is 9.70. The van der Waals surface area contributed by atoms with Crippen molar-refractivity contribution < 1.29 is 4.79 Å². The topological polar surface area (TPSA) is 62.7 Å². The van der Waals surface area contributed by atoms with Gasteiger partial charge in [0.05, 0.1) is 6.04 Å². The number of hydrogen-bond acceptors (Lipinski definition) is 3. The third-order valence-electron chi connectivity index (χ3n) is 3.02. The fourth-order valence-corrected chi connectivity index (χ4v) is 2.42. The van der Waals surface area contributed by atoms with E-state index in [2.05, 4.69) is 15.5 Å². The Balaban J connectivity index is 2.07. The van der Waals surface area contributed by atoms with Crippen molar-refractivity contribution in [3.8, 4) is 5.69 Å². The molecule has 6 heteroatoms. The lowest BCUT2D eigenvalue weighted by Gasteiger charge is -2.11. The van der Waals surface area contributed by atoms with E-state index < -0.39 is 0 Å². The molecule has 1 aromatic carbocycles. The normalized spacial score (nSPS) is 18.9. The number of H-pyrrole nitrogens is 1. The molecule has 1 saturated heterocycles. The summed E-state index contributed by atoms with van der Waals surface area (Å²) in [5.41, 5.74) is 0.951. The first-order chi connectivity index (χ1) is 8.75. The van der Waals surface area contributed by atoms with E-state index in [0.29, 0.717) is 11.2 Å².